The molecule has 2 amide bonds. The molecule has 0 saturated carbocycles. The van der Waals surface area contributed by atoms with E-state index in [2.05, 4.69) is 24.4 Å². The largest absolute Gasteiger partial charge is 0.484 e. The lowest BCUT2D eigenvalue weighted by molar-refractivity contribution is -0.120. The number of aryl methyl sites for hydroxylation is 1. The van der Waals surface area contributed by atoms with E-state index in [9.17, 15) is 9.59 Å². The number of hydrogen-bond donors (Lipinski definition) is 2. The van der Waals surface area contributed by atoms with Gasteiger partial charge in [0.25, 0.3) is 5.91 Å². The van der Waals surface area contributed by atoms with Gasteiger partial charge in [-0.3, -0.25) is 9.59 Å². The average molecular weight is 338 g/mol. The minimum Gasteiger partial charge on any atom is -0.484 e. The van der Waals surface area contributed by atoms with Gasteiger partial charge in [0.2, 0.25) is 5.91 Å². The van der Waals surface area contributed by atoms with Crippen molar-refractivity contribution in [3.63, 3.8) is 0 Å². The second-order valence-corrected chi connectivity index (χ2v) is 5.62. The van der Waals surface area contributed by atoms with Crippen LogP contribution in [0.1, 0.15) is 16.7 Å². The van der Waals surface area contributed by atoms with Crippen LogP contribution in [-0.2, 0) is 16.0 Å². The number of ether oxygens (including phenoxy) is 1. The molecule has 0 aliphatic heterocycles. The third-order valence-corrected chi connectivity index (χ3v) is 3.64. The molecule has 0 atom stereocenters. The van der Waals surface area contributed by atoms with Crippen LogP contribution in [0.25, 0.3) is 6.08 Å². The highest BCUT2D eigenvalue weighted by Gasteiger charge is 2.00. The van der Waals surface area contributed by atoms with E-state index in [1.54, 1.807) is 30.3 Å². The lowest BCUT2D eigenvalue weighted by Crippen LogP contribution is -2.23. The van der Waals surface area contributed by atoms with Crippen molar-refractivity contribution in [3.05, 3.63) is 71.3 Å². The maximum atomic E-state index is 11.9. The molecule has 5 heteroatoms. The number of primary amides is 1. The highest BCUT2D eigenvalue weighted by Crippen LogP contribution is 2.13. The van der Waals surface area contributed by atoms with Gasteiger partial charge in [0.1, 0.15) is 5.75 Å². The molecule has 0 aromatic heterocycles. The lowest BCUT2D eigenvalue weighted by Gasteiger charge is -2.06. The predicted molar refractivity (Wildman–Crippen MR) is 98.1 cm³/mol. The molecular weight excluding hydrogens is 316 g/mol. The molecule has 2 aromatic rings. The fraction of sp³-hybridized carbons (Fsp3) is 0.200. The Morgan fingerprint density at radius 1 is 1.12 bits per heavy atom. The predicted octanol–water partition coefficient (Wildman–Crippen LogP) is 2.23. The summed E-state index contributed by atoms with van der Waals surface area (Å²) in [5.74, 6) is -0.104. The van der Waals surface area contributed by atoms with Gasteiger partial charge in [0.05, 0.1) is 0 Å². The number of nitrogens with one attached hydrogen (secondary N) is 1. The maximum absolute atomic E-state index is 11.9. The normalized spacial score (nSPS) is 10.6. The Balaban J connectivity index is 1.77. The van der Waals surface area contributed by atoms with Crippen molar-refractivity contribution in [2.45, 2.75) is 13.3 Å². The van der Waals surface area contributed by atoms with Crippen LogP contribution in [-0.4, -0.2) is 25.0 Å². The number of rotatable bonds is 8. The number of nitrogens with two attached hydrogens (primary N) is 1. The Bertz CT molecular complexity index is 752. The smallest absolute Gasteiger partial charge is 0.255 e. The van der Waals surface area contributed by atoms with Gasteiger partial charge >= 0.3 is 0 Å². The Hall–Kier alpha value is -3.08. The summed E-state index contributed by atoms with van der Waals surface area (Å²) in [7, 11) is 0. The highest BCUT2D eigenvalue weighted by atomic mass is 16.5. The fourth-order valence-electron chi connectivity index (χ4n) is 2.27. The monoisotopic (exact) mass is 338 g/mol. The van der Waals surface area contributed by atoms with Gasteiger partial charge in [0, 0.05) is 12.6 Å². The van der Waals surface area contributed by atoms with E-state index in [1.165, 1.54) is 17.2 Å². The van der Waals surface area contributed by atoms with Crippen LogP contribution in [0.5, 0.6) is 5.75 Å². The number of hydrogen-bond acceptors (Lipinski definition) is 3. The van der Waals surface area contributed by atoms with Crippen molar-refractivity contribution in [3.8, 4) is 5.75 Å². The number of carbonyl (C=O) groups is 2. The molecule has 5 nitrogen and oxygen atoms in total. The van der Waals surface area contributed by atoms with Crippen LogP contribution in [0.2, 0.25) is 0 Å². The summed E-state index contributed by atoms with van der Waals surface area (Å²) in [6, 6.07) is 15.2. The van der Waals surface area contributed by atoms with Gasteiger partial charge in [-0.1, -0.05) is 36.4 Å². The average Bonchev–Trinajstić information content (AvgIpc) is 2.60. The molecule has 0 unspecified atom stereocenters. The second kappa shape index (κ2) is 9.27. The molecule has 0 heterocycles. The molecule has 0 radical (unpaired) electrons. The van der Waals surface area contributed by atoms with Gasteiger partial charge in [-0.15, -0.1) is 0 Å². The first kappa shape index (κ1) is 18.3. The second-order valence-electron chi connectivity index (χ2n) is 5.62. The summed E-state index contributed by atoms with van der Waals surface area (Å²) < 4.78 is 5.17. The third kappa shape index (κ3) is 6.51. The van der Waals surface area contributed by atoms with Crippen LogP contribution in [0.15, 0.2) is 54.6 Å². The fourth-order valence-corrected chi connectivity index (χ4v) is 2.27. The molecule has 130 valence electrons. The van der Waals surface area contributed by atoms with E-state index in [-0.39, 0.29) is 12.5 Å². The van der Waals surface area contributed by atoms with Crippen LogP contribution >= 0.6 is 0 Å². The van der Waals surface area contributed by atoms with Crippen LogP contribution in [0.3, 0.4) is 0 Å². The molecule has 2 aromatic carbocycles. The lowest BCUT2D eigenvalue weighted by atomic mass is 10.1. The number of amides is 2. The van der Waals surface area contributed by atoms with Crippen LogP contribution < -0.4 is 15.8 Å². The van der Waals surface area contributed by atoms with Gasteiger partial charge in [-0.25, -0.2) is 0 Å². The molecule has 0 saturated heterocycles. The summed E-state index contributed by atoms with van der Waals surface area (Å²) in [6.07, 6.45) is 4.02. The molecule has 0 fully saturated rings. The van der Waals surface area contributed by atoms with E-state index < -0.39 is 5.91 Å². The highest BCUT2D eigenvalue weighted by molar-refractivity contribution is 5.91. The Labute approximate surface area is 147 Å². The summed E-state index contributed by atoms with van der Waals surface area (Å²) in [4.78, 5) is 22.5. The first-order chi connectivity index (χ1) is 12.0. The van der Waals surface area contributed by atoms with Crippen molar-refractivity contribution >= 4 is 17.9 Å². The Morgan fingerprint density at radius 2 is 1.84 bits per heavy atom. The summed E-state index contributed by atoms with van der Waals surface area (Å²) in [5, 5.41) is 2.87. The zero-order chi connectivity index (χ0) is 18.1. The van der Waals surface area contributed by atoms with Gasteiger partial charge < -0.3 is 15.8 Å². The molecule has 25 heavy (non-hydrogen) atoms. The van der Waals surface area contributed by atoms with Gasteiger partial charge in [-0.2, -0.15) is 0 Å². The molecule has 0 spiro atoms. The van der Waals surface area contributed by atoms with Crippen molar-refractivity contribution < 1.29 is 14.3 Å². The Kier molecular flexibility index (Phi) is 6.77. The van der Waals surface area contributed by atoms with Crippen molar-refractivity contribution in [1.29, 1.82) is 0 Å². The summed E-state index contributed by atoms with van der Waals surface area (Å²) in [5.41, 5.74) is 8.34. The number of carbonyl (C=O) groups excluding carboxylic acids is 2. The van der Waals surface area contributed by atoms with Crippen LogP contribution in [0.4, 0.5) is 0 Å². The van der Waals surface area contributed by atoms with E-state index in [0.717, 1.165) is 12.0 Å². The molecule has 3 N–H and O–H groups in total. The quantitative estimate of drug-likeness (QED) is 0.724. The zero-order valence-electron chi connectivity index (χ0n) is 14.2. The standard InChI is InChI=1S/C20H22N2O3/c1-15-4-2-3-5-17(15)12-13-22-20(24)11-8-16-6-9-18(10-7-16)25-14-19(21)23/h2-11H,12-14H2,1H3,(H2,21,23)(H,22,24)/b11-8+. The topological polar surface area (TPSA) is 81.4 Å². The number of benzene rings is 2. The SMILES string of the molecule is Cc1ccccc1CCNC(=O)/C=C/c1ccc(OCC(N)=O)cc1. The van der Waals surface area contributed by atoms with Crippen molar-refractivity contribution in [2.24, 2.45) is 5.73 Å². The molecular formula is C20H22N2O3. The minimum absolute atomic E-state index is 0.136. The molecule has 0 aliphatic rings. The van der Waals surface area contributed by atoms with Gasteiger partial charge in [-0.05, 0) is 48.2 Å². The van der Waals surface area contributed by atoms with E-state index >= 15 is 0 Å². The first-order valence-corrected chi connectivity index (χ1v) is 8.06. The van der Waals surface area contributed by atoms with E-state index in [0.29, 0.717) is 12.3 Å². The van der Waals surface area contributed by atoms with Crippen LogP contribution in [0, 0.1) is 6.92 Å². The van der Waals surface area contributed by atoms with Crippen molar-refractivity contribution in [1.82, 2.24) is 5.32 Å². The minimum atomic E-state index is -0.522. The Morgan fingerprint density at radius 3 is 2.52 bits per heavy atom. The molecule has 0 aliphatic carbocycles. The van der Waals surface area contributed by atoms with E-state index in [4.69, 9.17) is 10.5 Å². The first-order valence-electron chi connectivity index (χ1n) is 8.06. The molecule has 0 bridgehead atoms. The summed E-state index contributed by atoms with van der Waals surface area (Å²) >= 11 is 0. The zero-order valence-corrected chi connectivity index (χ0v) is 14.2. The van der Waals surface area contributed by atoms with E-state index in [1.807, 2.05) is 12.1 Å². The maximum Gasteiger partial charge on any atom is 0.255 e. The summed E-state index contributed by atoms with van der Waals surface area (Å²) in [6.45, 7) is 2.50. The molecule has 2 rings (SSSR count). The van der Waals surface area contributed by atoms with Crippen molar-refractivity contribution in [2.75, 3.05) is 13.2 Å². The van der Waals surface area contributed by atoms with Gasteiger partial charge in [0.15, 0.2) is 6.61 Å². The third-order valence-electron chi connectivity index (χ3n) is 3.64.